The highest BCUT2D eigenvalue weighted by Gasteiger charge is 2.18. The molecule has 5 rings (SSSR count). The summed E-state index contributed by atoms with van der Waals surface area (Å²) in [4.78, 5) is 0.696. The average Bonchev–Trinajstić information content (AvgIpc) is 3.28. The molecule has 5 aromatic rings. The molecular formula is C15H8N4O2S. The fourth-order valence-electron chi connectivity index (χ4n) is 2.36. The Morgan fingerprint density at radius 3 is 2.82 bits per heavy atom. The molecule has 4 aromatic heterocycles. The molecule has 0 aliphatic rings. The number of hydrogen-bond donors (Lipinski definition) is 0. The monoisotopic (exact) mass is 308 g/mol. The van der Waals surface area contributed by atoms with Gasteiger partial charge in [-0.1, -0.05) is 29.5 Å². The zero-order chi connectivity index (χ0) is 14.5. The smallest absolute Gasteiger partial charge is 0.235 e. The highest BCUT2D eigenvalue weighted by molar-refractivity contribution is 7.19. The summed E-state index contributed by atoms with van der Waals surface area (Å²) in [7, 11) is 0. The van der Waals surface area contributed by atoms with Gasteiger partial charge in [-0.2, -0.15) is 4.52 Å². The van der Waals surface area contributed by atoms with Crippen LogP contribution in [0.25, 0.3) is 38.3 Å². The maximum absolute atomic E-state index is 5.84. The van der Waals surface area contributed by atoms with E-state index in [1.165, 1.54) is 11.3 Å². The maximum Gasteiger partial charge on any atom is 0.235 e. The maximum atomic E-state index is 5.84. The lowest BCUT2D eigenvalue weighted by atomic mass is 10.2. The summed E-state index contributed by atoms with van der Waals surface area (Å²) >= 11 is 1.42. The van der Waals surface area contributed by atoms with E-state index in [2.05, 4.69) is 15.3 Å². The first kappa shape index (κ1) is 11.7. The third-order valence-corrected chi connectivity index (χ3v) is 4.28. The quantitative estimate of drug-likeness (QED) is 0.495. The third-order valence-electron chi connectivity index (χ3n) is 3.37. The number of para-hydroxylation sites is 1. The van der Waals surface area contributed by atoms with Crippen LogP contribution in [0.5, 0.6) is 0 Å². The van der Waals surface area contributed by atoms with Crippen LogP contribution in [0.1, 0.15) is 0 Å². The molecule has 0 amide bonds. The predicted octanol–water partition coefficient (Wildman–Crippen LogP) is 3.86. The number of fused-ring (bicyclic) bond motifs is 2. The Morgan fingerprint density at radius 2 is 1.95 bits per heavy atom. The average molecular weight is 308 g/mol. The number of hydrogen-bond acceptors (Lipinski definition) is 6. The molecule has 0 unspecified atom stereocenters. The lowest BCUT2D eigenvalue weighted by molar-refractivity contribution is 0.580. The molecule has 0 atom stereocenters. The lowest BCUT2D eigenvalue weighted by Crippen LogP contribution is -1.89. The molecule has 0 bridgehead atoms. The van der Waals surface area contributed by atoms with Gasteiger partial charge in [0.2, 0.25) is 10.8 Å². The number of benzene rings is 1. The minimum Gasteiger partial charge on any atom is -0.462 e. The van der Waals surface area contributed by atoms with E-state index >= 15 is 0 Å². The first-order valence-corrected chi connectivity index (χ1v) is 7.45. The van der Waals surface area contributed by atoms with Gasteiger partial charge in [0, 0.05) is 5.39 Å². The van der Waals surface area contributed by atoms with Crippen molar-refractivity contribution in [2.24, 2.45) is 0 Å². The van der Waals surface area contributed by atoms with Crippen LogP contribution in [0.4, 0.5) is 0 Å². The molecule has 0 fully saturated rings. The third kappa shape index (κ3) is 1.63. The van der Waals surface area contributed by atoms with Gasteiger partial charge in [-0.15, -0.1) is 15.3 Å². The minimum atomic E-state index is 0.584. The summed E-state index contributed by atoms with van der Waals surface area (Å²) in [5.74, 6) is 1.94. The largest absolute Gasteiger partial charge is 0.462 e. The molecule has 0 N–H and O–H groups in total. The molecule has 4 heterocycles. The Hall–Kier alpha value is -2.93. The van der Waals surface area contributed by atoms with Crippen LogP contribution in [0.2, 0.25) is 0 Å². The summed E-state index contributed by atoms with van der Waals surface area (Å²) in [6, 6.07) is 13.5. The van der Waals surface area contributed by atoms with Gasteiger partial charge in [-0.3, -0.25) is 0 Å². The normalized spacial score (nSPS) is 11.6. The van der Waals surface area contributed by atoms with Crippen molar-refractivity contribution in [2.45, 2.75) is 0 Å². The van der Waals surface area contributed by atoms with Crippen molar-refractivity contribution in [2.75, 3.05) is 0 Å². The van der Waals surface area contributed by atoms with Crippen molar-refractivity contribution >= 4 is 27.3 Å². The molecule has 1 aromatic carbocycles. The molecule has 0 aliphatic heterocycles. The van der Waals surface area contributed by atoms with E-state index in [1.807, 2.05) is 42.5 Å². The number of rotatable bonds is 2. The van der Waals surface area contributed by atoms with E-state index < -0.39 is 0 Å². The SMILES string of the molecule is c1coc(-c2nn3c(-c4cc5ccccc5o4)nnc3s2)c1. The number of aromatic nitrogens is 4. The van der Waals surface area contributed by atoms with E-state index in [-0.39, 0.29) is 0 Å². The predicted molar refractivity (Wildman–Crippen MR) is 81.6 cm³/mol. The van der Waals surface area contributed by atoms with Crippen molar-refractivity contribution in [1.82, 2.24) is 19.8 Å². The van der Waals surface area contributed by atoms with Crippen LogP contribution in [-0.2, 0) is 0 Å². The molecular weight excluding hydrogens is 300 g/mol. The highest BCUT2D eigenvalue weighted by atomic mass is 32.1. The first-order valence-electron chi connectivity index (χ1n) is 6.63. The zero-order valence-electron chi connectivity index (χ0n) is 11.1. The van der Waals surface area contributed by atoms with Crippen molar-refractivity contribution < 1.29 is 8.83 Å². The molecule has 0 aliphatic carbocycles. The first-order chi connectivity index (χ1) is 10.9. The second-order valence-electron chi connectivity index (χ2n) is 4.75. The van der Waals surface area contributed by atoms with Gasteiger partial charge in [-0.05, 0) is 24.3 Å². The molecule has 22 heavy (non-hydrogen) atoms. The van der Waals surface area contributed by atoms with Gasteiger partial charge in [0.1, 0.15) is 5.58 Å². The Bertz CT molecular complexity index is 1050. The topological polar surface area (TPSA) is 69.4 Å². The molecule has 106 valence electrons. The Balaban J connectivity index is 1.70. The molecule has 7 heteroatoms. The van der Waals surface area contributed by atoms with Crippen LogP contribution < -0.4 is 0 Å². The fourth-order valence-corrected chi connectivity index (χ4v) is 3.17. The van der Waals surface area contributed by atoms with Gasteiger partial charge < -0.3 is 8.83 Å². The second-order valence-corrected chi connectivity index (χ2v) is 5.71. The summed E-state index contributed by atoms with van der Waals surface area (Å²) in [5, 5.41) is 14.6. The summed E-state index contributed by atoms with van der Waals surface area (Å²) in [6.45, 7) is 0. The number of nitrogens with zero attached hydrogens (tertiary/aromatic N) is 4. The van der Waals surface area contributed by atoms with E-state index in [0.717, 1.165) is 16.0 Å². The van der Waals surface area contributed by atoms with E-state index in [1.54, 1.807) is 10.8 Å². The van der Waals surface area contributed by atoms with Crippen molar-refractivity contribution in [3.8, 4) is 22.4 Å². The zero-order valence-corrected chi connectivity index (χ0v) is 11.9. The Labute approximate surface area is 127 Å². The summed E-state index contributed by atoms with van der Waals surface area (Å²) in [6.07, 6.45) is 1.62. The van der Waals surface area contributed by atoms with Crippen LogP contribution in [0, 0.1) is 0 Å². The molecule has 0 saturated carbocycles. The van der Waals surface area contributed by atoms with Crippen molar-refractivity contribution in [1.29, 1.82) is 0 Å². The minimum absolute atomic E-state index is 0.584. The van der Waals surface area contributed by atoms with E-state index in [4.69, 9.17) is 8.83 Å². The van der Waals surface area contributed by atoms with Gasteiger partial charge in [0.25, 0.3) is 0 Å². The molecule has 0 spiro atoms. The van der Waals surface area contributed by atoms with Gasteiger partial charge in [0.05, 0.1) is 6.26 Å². The molecule has 0 saturated heterocycles. The molecule has 0 radical (unpaired) electrons. The van der Waals surface area contributed by atoms with Gasteiger partial charge in [0.15, 0.2) is 16.5 Å². The van der Waals surface area contributed by atoms with Crippen molar-refractivity contribution in [3.63, 3.8) is 0 Å². The standard InChI is InChI=1S/C15H8N4O2S/c1-2-5-10-9(4-1)8-12(21-10)13-16-17-15-19(13)18-14(22-15)11-6-3-7-20-11/h1-8H. The number of furan rings is 2. The van der Waals surface area contributed by atoms with Gasteiger partial charge >= 0.3 is 0 Å². The summed E-state index contributed by atoms with van der Waals surface area (Å²) < 4.78 is 12.9. The Kier molecular flexibility index (Phi) is 2.28. The lowest BCUT2D eigenvalue weighted by Gasteiger charge is -1.90. The fraction of sp³-hybridized carbons (Fsp3) is 0. The Morgan fingerprint density at radius 1 is 1.00 bits per heavy atom. The van der Waals surface area contributed by atoms with E-state index in [0.29, 0.717) is 22.3 Å². The van der Waals surface area contributed by atoms with Crippen LogP contribution in [0.3, 0.4) is 0 Å². The van der Waals surface area contributed by atoms with Crippen LogP contribution in [0.15, 0.2) is 57.6 Å². The van der Waals surface area contributed by atoms with Gasteiger partial charge in [-0.25, -0.2) is 0 Å². The van der Waals surface area contributed by atoms with Crippen LogP contribution in [-0.4, -0.2) is 19.8 Å². The van der Waals surface area contributed by atoms with Crippen molar-refractivity contribution in [3.05, 3.63) is 48.7 Å². The van der Waals surface area contributed by atoms with E-state index in [9.17, 15) is 0 Å². The van der Waals surface area contributed by atoms with Crippen LogP contribution >= 0.6 is 11.3 Å². The second kappa shape index (κ2) is 4.28. The molecule has 6 nitrogen and oxygen atoms in total. The summed E-state index contributed by atoms with van der Waals surface area (Å²) in [5.41, 5.74) is 0.815. The highest BCUT2D eigenvalue weighted by Crippen LogP contribution is 2.30.